The molecule has 31 heavy (non-hydrogen) atoms. The number of ether oxygens (including phenoxy) is 2. The van der Waals surface area contributed by atoms with Gasteiger partial charge in [0.1, 0.15) is 5.75 Å². The second-order valence-electron chi connectivity index (χ2n) is 9.20. The lowest BCUT2D eigenvalue weighted by Gasteiger charge is -2.42. The molecule has 2 aliphatic heterocycles. The molecule has 172 valence electrons. The van der Waals surface area contributed by atoms with Crippen LogP contribution in [0.3, 0.4) is 0 Å². The van der Waals surface area contributed by atoms with Crippen LogP contribution in [0.2, 0.25) is 0 Å². The fraction of sp³-hybridized carbons (Fsp3) is 0.667. The number of piperidine rings is 1. The van der Waals surface area contributed by atoms with Crippen molar-refractivity contribution in [2.45, 2.75) is 32.1 Å². The summed E-state index contributed by atoms with van der Waals surface area (Å²) in [5, 5.41) is 0. The van der Waals surface area contributed by atoms with E-state index in [1.165, 1.54) is 0 Å². The van der Waals surface area contributed by atoms with Gasteiger partial charge in [0.05, 0.1) is 25.3 Å². The van der Waals surface area contributed by atoms with Crippen LogP contribution in [0.15, 0.2) is 24.3 Å². The van der Waals surface area contributed by atoms with Crippen LogP contribution in [-0.2, 0) is 9.53 Å². The molecular weight excluding hydrogens is 394 g/mol. The Kier molecular flexibility index (Phi) is 8.32. The molecule has 1 aromatic carbocycles. The Morgan fingerprint density at radius 1 is 1.06 bits per heavy atom. The summed E-state index contributed by atoms with van der Waals surface area (Å²) in [4.78, 5) is 31.0. The zero-order chi connectivity index (χ0) is 22.3. The molecule has 0 radical (unpaired) electrons. The fourth-order valence-electron chi connectivity index (χ4n) is 4.38. The van der Waals surface area contributed by atoms with E-state index in [0.717, 1.165) is 45.2 Å². The third-order valence-corrected chi connectivity index (χ3v) is 6.44. The number of hydrogen-bond acceptors (Lipinski definition) is 5. The van der Waals surface area contributed by atoms with Crippen LogP contribution in [0, 0.1) is 5.41 Å². The first-order chi connectivity index (χ1) is 14.9. The van der Waals surface area contributed by atoms with Crippen LogP contribution in [-0.4, -0.2) is 93.7 Å². The molecule has 0 atom stereocenters. The number of benzene rings is 1. The summed E-state index contributed by atoms with van der Waals surface area (Å²) < 4.78 is 12.1. The zero-order valence-corrected chi connectivity index (χ0v) is 19.3. The summed E-state index contributed by atoms with van der Waals surface area (Å²) in [6.45, 7) is 4.35. The molecule has 1 aromatic rings. The molecule has 1 saturated heterocycles. The number of para-hydroxylation sites is 1. The number of nitrogens with zero attached hydrogens (tertiary/aromatic N) is 3. The molecule has 0 aliphatic carbocycles. The molecule has 2 heterocycles. The molecule has 7 nitrogen and oxygen atoms in total. The lowest BCUT2D eigenvalue weighted by molar-refractivity contribution is -0.134. The van der Waals surface area contributed by atoms with Crippen molar-refractivity contribution in [3.63, 3.8) is 0 Å². The standard InChI is InChI=1S/C24H37N3O4/c1-25(2)18-22(28)27-13-11-24(12-14-27)10-6-7-16-30-17-15-26(3)23(29)20-8-4-5-9-21(20)31-19-24/h4-5,8-9H,6-7,10-19H2,1-3H3. The molecule has 0 unspecified atom stereocenters. The normalized spacial score (nSPS) is 20.8. The van der Waals surface area contributed by atoms with Crippen molar-refractivity contribution < 1.29 is 19.1 Å². The van der Waals surface area contributed by atoms with E-state index >= 15 is 0 Å². The predicted octanol–water partition coefficient (Wildman–Crippen LogP) is 2.51. The van der Waals surface area contributed by atoms with Crippen LogP contribution in [0.5, 0.6) is 5.75 Å². The van der Waals surface area contributed by atoms with Crippen molar-refractivity contribution in [2.24, 2.45) is 5.41 Å². The molecule has 1 spiro atoms. The van der Waals surface area contributed by atoms with Crippen molar-refractivity contribution in [1.29, 1.82) is 0 Å². The summed E-state index contributed by atoms with van der Waals surface area (Å²) in [5.74, 6) is 0.784. The zero-order valence-electron chi connectivity index (χ0n) is 19.3. The highest BCUT2D eigenvalue weighted by molar-refractivity contribution is 5.96. The summed E-state index contributed by atoms with van der Waals surface area (Å²) in [6.07, 6.45) is 4.96. The van der Waals surface area contributed by atoms with Crippen molar-refractivity contribution in [1.82, 2.24) is 14.7 Å². The number of carbonyl (C=O) groups excluding carboxylic acids is 2. The van der Waals surface area contributed by atoms with Gasteiger partial charge in [-0.15, -0.1) is 0 Å². The Bertz CT molecular complexity index is 744. The summed E-state index contributed by atoms with van der Waals surface area (Å²) in [7, 11) is 5.65. The smallest absolute Gasteiger partial charge is 0.257 e. The van der Waals surface area contributed by atoms with E-state index in [2.05, 4.69) is 0 Å². The average molecular weight is 432 g/mol. The van der Waals surface area contributed by atoms with E-state index in [1.54, 1.807) is 11.9 Å². The molecule has 7 heteroatoms. The minimum absolute atomic E-state index is 0.0150. The minimum Gasteiger partial charge on any atom is -0.492 e. The summed E-state index contributed by atoms with van der Waals surface area (Å²) >= 11 is 0. The maximum absolute atomic E-state index is 12.9. The van der Waals surface area contributed by atoms with E-state index in [4.69, 9.17) is 9.47 Å². The molecule has 0 saturated carbocycles. The predicted molar refractivity (Wildman–Crippen MR) is 120 cm³/mol. The van der Waals surface area contributed by atoms with E-state index < -0.39 is 0 Å². The van der Waals surface area contributed by atoms with Crippen LogP contribution in [0.25, 0.3) is 0 Å². The second kappa shape index (κ2) is 11.0. The van der Waals surface area contributed by atoms with E-state index in [1.807, 2.05) is 48.2 Å². The molecule has 3 rings (SSSR count). The van der Waals surface area contributed by atoms with Gasteiger partial charge in [-0.2, -0.15) is 0 Å². The van der Waals surface area contributed by atoms with Gasteiger partial charge in [-0.1, -0.05) is 18.6 Å². The van der Waals surface area contributed by atoms with E-state index in [-0.39, 0.29) is 17.2 Å². The van der Waals surface area contributed by atoms with Gasteiger partial charge in [-0.05, 0) is 51.9 Å². The van der Waals surface area contributed by atoms with Gasteiger partial charge >= 0.3 is 0 Å². The third kappa shape index (κ3) is 6.43. The first kappa shape index (κ1) is 23.5. The van der Waals surface area contributed by atoms with Gasteiger partial charge in [0.25, 0.3) is 5.91 Å². The van der Waals surface area contributed by atoms with Crippen LogP contribution >= 0.6 is 0 Å². The monoisotopic (exact) mass is 431 g/mol. The summed E-state index contributed by atoms with van der Waals surface area (Å²) in [5.41, 5.74) is 0.608. The van der Waals surface area contributed by atoms with Gasteiger partial charge in [0.15, 0.2) is 0 Å². The molecule has 0 N–H and O–H groups in total. The maximum Gasteiger partial charge on any atom is 0.257 e. The molecule has 2 aliphatic rings. The lowest BCUT2D eigenvalue weighted by Crippen LogP contribution is -2.47. The highest BCUT2D eigenvalue weighted by atomic mass is 16.5. The topological polar surface area (TPSA) is 62.3 Å². The second-order valence-corrected chi connectivity index (χ2v) is 9.20. The largest absolute Gasteiger partial charge is 0.492 e. The van der Waals surface area contributed by atoms with Crippen LogP contribution < -0.4 is 4.74 Å². The Labute approximate surface area is 186 Å². The quantitative estimate of drug-likeness (QED) is 0.720. The Morgan fingerprint density at radius 2 is 1.81 bits per heavy atom. The Morgan fingerprint density at radius 3 is 2.55 bits per heavy atom. The van der Waals surface area contributed by atoms with Gasteiger partial charge in [0.2, 0.25) is 5.91 Å². The van der Waals surface area contributed by atoms with Crippen molar-refractivity contribution in [2.75, 3.05) is 67.1 Å². The number of rotatable bonds is 2. The Hall–Kier alpha value is -2.12. The number of likely N-dealkylation sites (N-methyl/N-ethyl adjacent to an activating group) is 2. The molecule has 1 fully saturated rings. The number of amides is 2. The number of carbonyl (C=O) groups is 2. The number of likely N-dealkylation sites (tertiary alicyclic amines) is 1. The first-order valence-corrected chi connectivity index (χ1v) is 11.4. The van der Waals surface area contributed by atoms with E-state index in [0.29, 0.717) is 44.2 Å². The summed E-state index contributed by atoms with van der Waals surface area (Å²) in [6, 6.07) is 7.49. The van der Waals surface area contributed by atoms with Crippen LogP contribution in [0.1, 0.15) is 42.5 Å². The highest BCUT2D eigenvalue weighted by Crippen LogP contribution is 2.38. The van der Waals surface area contributed by atoms with Gasteiger partial charge in [-0.25, -0.2) is 0 Å². The number of hydrogen-bond donors (Lipinski definition) is 0. The number of fused-ring (bicyclic) bond motifs is 1. The SMILES string of the molecule is CN(C)CC(=O)N1CCC2(CCCCOCCN(C)C(=O)c3ccccc3OC2)CC1. The maximum atomic E-state index is 12.9. The van der Waals surface area contributed by atoms with Gasteiger partial charge < -0.3 is 24.2 Å². The van der Waals surface area contributed by atoms with Crippen molar-refractivity contribution in [3.8, 4) is 5.75 Å². The Balaban J connectivity index is 1.74. The van der Waals surface area contributed by atoms with Gasteiger partial charge in [0, 0.05) is 38.7 Å². The molecule has 0 bridgehead atoms. The highest BCUT2D eigenvalue weighted by Gasteiger charge is 2.36. The van der Waals surface area contributed by atoms with Crippen molar-refractivity contribution in [3.05, 3.63) is 29.8 Å². The minimum atomic E-state index is -0.0468. The molecule has 0 aromatic heterocycles. The average Bonchev–Trinajstić information content (AvgIpc) is 2.76. The molecular formula is C24H37N3O4. The van der Waals surface area contributed by atoms with Gasteiger partial charge in [-0.3, -0.25) is 9.59 Å². The van der Waals surface area contributed by atoms with E-state index in [9.17, 15) is 9.59 Å². The molecule has 2 amide bonds. The van der Waals surface area contributed by atoms with Crippen LogP contribution in [0.4, 0.5) is 0 Å². The fourth-order valence-corrected chi connectivity index (χ4v) is 4.38. The van der Waals surface area contributed by atoms with Crippen molar-refractivity contribution >= 4 is 11.8 Å². The third-order valence-electron chi connectivity index (χ3n) is 6.44. The first-order valence-electron chi connectivity index (χ1n) is 11.4. The lowest BCUT2D eigenvalue weighted by atomic mass is 9.75.